The van der Waals surface area contributed by atoms with E-state index in [1.165, 1.54) is 6.07 Å². The Morgan fingerprint density at radius 3 is 2.40 bits per heavy atom. The van der Waals surface area contributed by atoms with Crippen molar-refractivity contribution < 1.29 is 9.50 Å². The molecule has 0 spiro atoms. The van der Waals surface area contributed by atoms with E-state index < -0.39 is 6.10 Å². The Hall–Kier alpha value is -1.87. The Bertz CT molecular complexity index is 568. The second-order valence-corrected chi connectivity index (χ2v) is 5.10. The van der Waals surface area contributed by atoms with Crippen molar-refractivity contribution in [2.24, 2.45) is 0 Å². The Balaban J connectivity index is 2.09. The van der Waals surface area contributed by atoms with Crippen molar-refractivity contribution in [2.45, 2.75) is 32.4 Å². The topological polar surface area (TPSA) is 32.3 Å². The molecule has 0 aliphatic heterocycles. The van der Waals surface area contributed by atoms with Crippen molar-refractivity contribution in [3.63, 3.8) is 0 Å². The number of nitrogens with one attached hydrogen (secondary N) is 1. The summed E-state index contributed by atoms with van der Waals surface area (Å²) in [5.74, 6) is -0.176. The Morgan fingerprint density at radius 2 is 1.70 bits per heavy atom. The summed E-state index contributed by atoms with van der Waals surface area (Å²) in [5, 5.41) is 13.1. The molecule has 2 rings (SSSR count). The quantitative estimate of drug-likeness (QED) is 0.865. The van der Waals surface area contributed by atoms with Gasteiger partial charge >= 0.3 is 0 Å². The van der Waals surface area contributed by atoms with Crippen molar-refractivity contribution in [1.82, 2.24) is 0 Å². The molecular weight excluding hydrogens is 253 g/mol. The zero-order valence-corrected chi connectivity index (χ0v) is 11.8. The Labute approximate surface area is 119 Å². The molecule has 0 fully saturated rings. The van der Waals surface area contributed by atoms with Gasteiger partial charge in [0, 0.05) is 17.3 Å². The monoisotopic (exact) mass is 273 g/mol. The highest BCUT2D eigenvalue weighted by Crippen LogP contribution is 2.23. The number of halogens is 1. The molecule has 20 heavy (non-hydrogen) atoms. The third-order valence-electron chi connectivity index (χ3n) is 3.30. The number of hydrogen-bond acceptors (Lipinski definition) is 2. The van der Waals surface area contributed by atoms with Crippen molar-refractivity contribution in [3.8, 4) is 0 Å². The molecule has 0 bridgehead atoms. The van der Waals surface area contributed by atoms with Crippen LogP contribution >= 0.6 is 0 Å². The summed E-state index contributed by atoms with van der Waals surface area (Å²) in [7, 11) is 0. The molecule has 2 nitrogen and oxygen atoms in total. The van der Waals surface area contributed by atoms with Gasteiger partial charge in [0.2, 0.25) is 0 Å². The summed E-state index contributed by atoms with van der Waals surface area (Å²) in [6.07, 6.45) is 0.0697. The molecule has 2 N–H and O–H groups in total. The minimum Gasteiger partial charge on any atom is -0.389 e. The summed E-state index contributed by atoms with van der Waals surface area (Å²) in [4.78, 5) is 0. The molecule has 2 aromatic carbocycles. The van der Waals surface area contributed by atoms with Gasteiger partial charge in [-0.2, -0.15) is 0 Å². The molecule has 2 atom stereocenters. The normalized spacial score (nSPS) is 13.8. The first-order valence-electron chi connectivity index (χ1n) is 6.85. The predicted octanol–water partition coefficient (Wildman–Crippen LogP) is 3.92. The first kappa shape index (κ1) is 14.5. The van der Waals surface area contributed by atoms with E-state index in [2.05, 4.69) is 5.32 Å². The molecule has 106 valence electrons. The van der Waals surface area contributed by atoms with Crippen molar-refractivity contribution in [3.05, 3.63) is 65.5 Å². The predicted molar refractivity (Wildman–Crippen MR) is 80.3 cm³/mol. The first-order chi connectivity index (χ1) is 9.58. The maximum absolute atomic E-state index is 13.6. The van der Waals surface area contributed by atoms with Gasteiger partial charge in [-0.3, -0.25) is 0 Å². The zero-order chi connectivity index (χ0) is 14.5. The lowest BCUT2D eigenvalue weighted by Gasteiger charge is -2.19. The lowest BCUT2D eigenvalue weighted by atomic mass is 10.0. The van der Waals surface area contributed by atoms with E-state index >= 15 is 0 Å². The van der Waals surface area contributed by atoms with Crippen LogP contribution in [0, 0.1) is 5.82 Å². The van der Waals surface area contributed by atoms with Crippen LogP contribution in [0.25, 0.3) is 0 Å². The van der Waals surface area contributed by atoms with Crippen LogP contribution in [0.3, 0.4) is 0 Å². The summed E-state index contributed by atoms with van der Waals surface area (Å²) in [5.41, 5.74) is 2.45. The van der Waals surface area contributed by atoms with Crippen LogP contribution in [0.15, 0.2) is 48.5 Å². The van der Waals surface area contributed by atoms with Crippen LogP contribution in [0.1, 0.15) is 31.1 Å². The maximum Gasteiger partial charge on any atom is 0.126 e. The van der Waals surface area contributed by atoms with Crippen LogP contribution in [0.2, 0.25) is 0 Å². The van der Waals surface area contributed by atoms with Gasteiger partial charge in [-0.1, -0.05) is 36.4 Å². The number of hydrogen-bond donors (Lipinski definition) is 2. The van der Waals surface area contributed by atoms with Gasteiger partial charge in [0.25, 0.3) is 0 Å². The standard InChI is InChI=1S/C17H20FNO/c1-12(11-14-7-3-5-9-16(14)18)19-17-10-6-4-8-15(17)13(2)20/h3-10,12-13,19-20H,11H2,1-2H3. The van der Waals surface area contributed by atoms with E-state index in [1.54, 1.807) is 19.1 Å². The van der Waals surface area contributed by atoms with Crippen LogP contribution in [-0.4, -0.2) is 11.1 Å². The Morgan fingerprint density at radius 1 is 1.05 bits per heavy atom. The van der Waals surface area contributed by atoms with Gasteiger partial charge in [-0.25, -0.2) is 4.39 Å². The van der Waals surface area contributed by atoms with Crippen molar-refractivity contribution in [1.29, 1.82) is 0 Å². The van der Waals surface area contributed by atoms with E-state index in [-0.39, 0.29) is 11.9 Å². The molecule has 0 aromatic heterocycles. The summed E-state index contributed by atoms with van der Waals surface area (Å²) < 4.78 is 13.6. The number of rotatable bonds is 5. The fourth-order valence-electron chi connectivity index (χ4n) is 2.30. The summed E-state index contributed by atoms with van der Waals surface area (Å²) in [6, 6.07) is 14.5. The molecule has 0 aliphatic carbocycles. The van der Waals surface area contributed by atoms with Crippen molar-refractivity contribution >= 4 is 5.69 Å². The molecule has 3 heteroatoms. The van der Waals surface area contributed by atoms with Gasteiger partial charge in [0.15, 0.2) is 0 Å². The van der Waals surface area contributed by atoms with Gasteiger partial charge in [-0.15, -0.1) is 0 Å². The third-order valence-corrected chi connectivity index (χ3v) is 3.30. The molecule has 2 unspecified atom stereocenters. The van der Waals surface area contributed by atoms with Gasteiger partial charge in [0.1, 0.15) is 5.82 Å². The van der Waals surface area contributed by atoms with Crippen molar-refractivity contribution in [2.75, 3.05) is 5.32 Å². The van der Waals surface area contributed by atoms with Gasteiger partial charge in [0.05, 0.1) is 6.10 Å². The molecule has 0 heterocycles. The zero-order valence-electron chi connectivity index (χ0n) is 11.8. The lowest BCUT2D eigenvalue weighted by molar-refractivity contribution is 0.200. The fraction of sp³-hybridized carbons (Fsp3) is 0.294. The third kappa shape index (κ3) is 3.58. The molecule has 0 radical (unpaired) electrons. The highest BCUT2D eigenvalue weighted by molar-refractivity contribution is 5.52. The number of para-hydroxylation sites is 1. The number of aliphatic hydroxyl groups excluding tert-OH is 1. The van der Waals surface area contributed by atoms with E-state index in [0.29, 0.717) is 12.0 Å². The second kappa shape index (κ2) is 6.53. The summed E-state index contributed by atoms with van der Waals surface area (Å²) in [6.45, 7) is 3.74. The van der Waals surface area contributed by atoms with Crippen LogP contribution in [0.4, 0.5) is 10.1 Å². The van der Waals surface area contributed by atoms with Crippen LogP contribution < -0.4 is 5.32 Å². The van der Waals surface area contributed by atoms with E-state index in [0.717, 1.165) is 11.3 Å². The lowest BCUT2D eigenvalue weighted by Crippen LogP contribution is -2.20. The molecular formula is C17H20FNO. The average molecular weight is 273 g/mol. The minimum absolute atomic E-state index is 0.0757. The van der Waals surface area contributed by atoms with E-state index in [4.69, 9.17) is 0 Å². The highest BCUT2D eigenvalue weighted by atomic mass is 19.1. The van der Waals surface area contributed by atoms with Crippen LogP contribution in [0.5, 0.6) is 0 Å². The minimum atomic E-state index is -0.528. The fourth-order valence-corrected chi connectivity index (χ4v) is 2.30. The summed E-state index contributed by atoms with van der Waals surface area (Å²) >= 11 is 0. The van der Waals surface area contributed by atoms with E-state index in [1.807, 2.05) is 37.3 Å². The first-order valence-corrected chi connectivity index (χ1v) is 6.85. The number of benzene rings is 2. The molecule has 0 saturated carbocycles. The number of aliphatic hydroxyl groups is 1. The molecule has 2 aromatic rings. The highest BCUT2D eigenvalue weighted by Gasteiger charge is 2.11. The smallest absolute Gasteiger partial charge is 0.126 e. The molecule has 0 aliphatic rings. The van der Waals surface area contributed by atoms with Crippen LogP contribution in [-0.2, 0) is 6.42 Å². The Kier molecular flexibility index (Phi) is 4.74. The molecule has 0 amide bonds. The maximum atomic E-state index is 13.6. The largest absolute Gasteiger partial charge is 0.389 e. The van der Waals surface area contributed by atoms with Gasteiger partial charge in [-0.05, 0) is 38.0 Å². The molecule has 0 saturated heterocycles. The van der Waals surface area contributed by atoms with Gasteiger partial charge < -0.3 is 10.4 Å². The number of anilines is 1. The SMILES string of the molecule is CC(Cc1ccccc1F)Nc1ccccc1C(C)O. The second-order valence-electron chi connectivity index (χ2n) is 5.10. The average Bonchev–Trinajstić information content (AvgIpc) is 2.41. The van der Waals surface area contributed by atoms with E-state index in [9.17, 15) is 9.50 Å².